The van der Waals surface area contributed by atoms with E-state index in [4.69, 9.17) is 0 Å². The van der Waals surface area contributed by atoms with Crippen LogP contribution in [0.5, 0.6) is 0 Å². The van der Waals surface area contributed by atoms with Crippen LogP contribution in [0.2, 0.25) is 0 Å². The molecule has 132 valence electrons. The average molecular weight is 350 g/mol. The SMILES string of the molecule is Cc1cc(=O)c(C(=O)Nc2ccc(F)cc2)c(C)n1Cc1ccccc1. The Bertz CT molecular complexity index is 993. The molecule has 0 aliphatic carbocycles. The summed E-state index contributed by atoms with van der Waals surface area (Å²) in [6, 6.07) is 16.7. The summed E-state index contributed by atoms with van der Waals surface area (Å²) in [7, 11) is 0. The zero-order valence-corrected chi connectivity index (χ0v) is 14.6. The maximum Gasteiger partial charge on any atom is 0.261 e. The Morgan fingerprint density at radius 1 is 1.04 bits per heavy atom. The van der Waals surface area contributed by atoms with Gasteiger partial charge in [0.25, 0.3) is 5.91 Å². The van der Waals surface area contributed by atoms with Crippen molar-refractivity contribution in [2.45, 2.75) is 20.4 Å². The van der Waals surface area contributed by atoms with Gasteiger partial charge in [-0.3, -0.25) is 9.59 Å². The van der Waals surface area contributed by atoms with E-state index in [0.717, 1.165) is 11.3 Å². The molecule has 0 radical (unpaired) electrons. The lowest BCUT2D eigenvalue weighted by molar-refractivity contribution is 0.102. The number of nitrogens with zero attached hydrogens (tertiary/aromatic N) is 1. The fourth-order valence-corrected chi connectivity index (χ4v) is 2.93. The number of aryl methyl sites for hydroxylation is 1. The molecule has 0 aliphatic heterocycles. The minimum atomic E-state index is -0.499. The number of benzene rings is 2. The highest BCUT2D eigenvalue weighted by Crippen LogP contribution is 2.14. The summed E-state index contributed by atoms with van der Waals surface area (Å²) in [6.07, 6.45) is 0. The number of carbonyl (C=O) groups is 1. The predicted molar refractivity (Wildman–Crippen MR) is 100 cm³/mol. The van der Waals surface area contributed by atoms with Crippen LogP contribution < -0.4 is 10.7 Å². The Labute approximate surface area is 150 Å². The number of aromatic nitrogens is 1. The lowest BCUT2D eigenvalue weighted by atomic mass is 10.1. The van der Waals surface area contributed by atoms with Gasteiger partial charge < -0.3 is 9.88 Å². The Kier molecular flexibility index (Phi) is 4.98. The third-order valence-electron chi connectivity index (χ3n) is 4.29. The highest BCUT2D eigenvalue weighted by atomic mass is 19.1. The van der Waals surface area contributed by atoms with Crippen molar-refractivity contribution in [3.05, 3.63) is 99.2 Å². The van der Waals surface area contributed by atoms with Gasteiger partial charge in [0.05, 0.1) is 0 Å². The molecule has 0 bridgehead atoms. The van der Waals surface area contributed by atoms with E-state index in [-0.39, 0.29) is 16.8 Å². The summed E-state index contributed by atoms with van der Waals surface area (Å²) in [4.78, 5) is 25.1. The monoisotopic (exact) mass is 350 g/mol. The fraction of sp³-hybridized carbons (Fsp3) is 0.143. The molecule has 0 spiro atoms. The fourth-order valence-electron chi connectivity index (χ4n) is 2.93. The van der Waals surface area contributed by atoms with Gasteiger partial charge in [0.15, 0.2) is 5.43 Å². The maximum absolute atomic E-state index is 13.0. The molecule has 0 saturated carbocycles. The van der Waals surface area contributed by atoms with Crippen LogP contribution in [-0.4, -0.2) is 10.5 Å². The quantitative estimate of drug-likeness (QED) is 0.776. The molecule has 0 atom stereocenters. The summed E-state index contributed by atoms with van der Waals surface area (Å²) in [6.45, 7) is 4.17. The van der Waals surface area contributed by atoms with Gasteiger partial charge in [0, 0.05) is 29.7 Å². The third-order valence-corrected chi connectivity index (χ3v) is 4.29. The van der Waals surface area contributed by atoms with Crippen molar-refractivity contribution in [3.8, 4) is 0 Å². The van der Waals surface area contributed by atoms with Crippen molar-refractivity contribution in [1.82, 2.24) is 4.57 Å². The summed E-state index contributed by atoms with van der Waals surface area (Å²) >= 11 is 0. The minimum Gasteiger partial charge on any atom is -0.344 e. The first-order valence-corrected chi connectivity index (χ1v) is 8.27. The molecule has 0 saturated heterocycles. The van der Waals surface area contributed by atoms with E-state index in [2.05, 4.69) is 5.32 Å². The van der Waals surface area contributed by atoms with Crippen molar-refractivity contribution in [1.29, 1.82) is 0 Å². The van der Waals surface area contributed by atoms with Crippen molar-refractivity contribution in [3.63, 3.8) is 0 Å². The van der Waals surface area contributed by atoms with Crippen molar-refractivity contribution < 1.29 is 9.18 Å². The number of pyridine rings is 1. The Balaban J connectivity index is 1.96. The van der Waals surface area contributed by atoms with Gasteiger partial charge >= 0.3 is 0 Å². The van der Waals surface area contributed by atoms with E-state index in [1.807, 2.05) is 41.8 Å². The van der Waals surface area contributed by atoms with Gasteiger partial charge in [0.2, 0.25) is 0 Å². The van der Waals surface area contributed by atoms with Crippen LogP contribution in [0, 0.1) is 19.7 Å². The maximum atomic E-state index is 13.0. The van der Waals surface area contributed by atoms with E-state index in [9.17, 15) is 14.0 Å². The number of anilines is 1. The van der Waals surface area contributed by atoms with Crippen molar-refractivity contribution in [2.24, 2.45) is 0 Å². The molecule has 0 unspecified atom stereocenters. The summed E-state index contributed by atoms with van der Waals surface area (Å²) < 4.78 is 15.0. The molecule has 3 aromatic rings. The Morgan fingerprint density at radius 3 is 2.35 bits per heavy atom. The number of carbonyl (C=O) groups excluding carboxylic acids is 1. The van der Waals surface area contributed by atoms with Crippen LogP contribution in [0.25, 0.3) is 0 Å². The topological polar surface area (TPSA) is 51.1 Å². The standard InChI is InChI=1S/C21H19FN2O2/c1-14-12-19(25)20(21(26)23-18-10-8-17(22)9-11-18)15(2)24(14)13-16-6-4-3-5-7-16/h3-12H,13H2,1-2H3,(H,23,26). The van der Waals surface area contributed by atoms with Gasteiger partial charge in [-0.2, -0.15) is 0 Å². The van der Waals surface area contributed by atoms with Gasteiger partial charge in [-0.25, -0.2) is 4.39 Å². The Hall–Kier alpha value is -3.21. The molecular formula is C21H19FN2O2. The molecule has 4 nitrogen and oxygen atoms in total. The number of amides is 1. The van der Waals surface area contributed by atoms with E-state index in [1.165, 1.54) is 30.3 Å². The molecule has 0 aliphatic rings. The zero-order valence-electron chi connectivity index (χ0n) is 14.6. The normalized spacial score (nSPS) is 10.6. The Morgan fingerprint density at radius 2 is 1.69 bits per heavy atom. The number of hydrogen-bond acceptors (Lipinski definition) is 2. The van der Waals surface area contributed by atoms with Crippen molar-refractivity contribution in [2.75, 3.05) is 5.32 Å². The smallest absolute Gasteiger partial charge is 0.261 e. The number of halogens is 1. The lowest BCUT2D eigenvalue weighted by Crippen LogP contribution is -2.27. The largest absolute Gasteiger partial charge is 0.344 e. The first-order chi connectivity index (χ1) is 12.5. The summed E-state index contributed by atoms with van der Waals surface area (Å²) in [5, 5.41) is 2.66. The second-order valence-corrected chi connectivity index (χ2v) is 6.14. The molecule has 2 aromatic carbocycles. The summed E-state index contributed by atoms with van der Waals surface area (Å²) in [5.74, 6) is -0.888. The van der Waals surface area contributed by atoms with Crippen LogP contribution in [0.3, 0.4) is 0 Å². The van der Waals surface area contributed by atoms with Crippen LogP contribution in [0.4, 0.5) is 10.1 Å². The van der Waals surface area contributed by atoms with E-state index in [1.54, 1.807) is 6.92 Å². The van der Waals surface area contributed by atoms with Gasteiger partial charge in [-0.15, -0.1) is 0 Å². The highest BCUT2D eigenvalue weighted by Gasteiger charge is 2.18. The second kappa shape index (κ2) is 7.35. The van der Waals surface area contributed by atoms with Crippen LogP contribution >= 0.6 is 0 Å². The molecule has 1 amide bonds. The molecular weight excluding hydrogens is 331 g/mol. The van der Waals surface area contributed by atoms with Gasteiger partial charge in [0.1, 0.15) is 11.4 Å². The number of nitrogens with one attached hydrogen (secondary N) is 1. The molecule has 0 fully saturated rings. The van der Waals surface area contributed by atoms with Gasteiger partial charge in [-0.1, -0.05) is 30.3 Å². The number of rotatable bonds is 4. The average Bonchev–Trinajstić information content (AvgIpc) is 2.61. The molecule has 1 N–H and O–H groups in total. The molecule has 1 aromatic heterocycles. The zero-order chi connectivity index (χ0) is 18.7. The number of hydrogen-bond donors (Lipinski definition) is 1. The molecule has 26 heavy (non-hydrogen) atoms. The minimum absolute atomic E-state index is 0.0934. The van der Waals surface area contributed by atoms with Crippen LogP contribution in [-0.2, 0) is 6.54 Å². The van der Waals surface area contributed by atoms with Crippen molar-refractivity contribution >= 4 is 11.6 Å². The molecule has 3 rings (SSSR count). The predicted octanol–water partition coefficient (Wildman–Crippen LogP) is 3.90. The second-order valence-electron chi connectivity index (χ2n) is 6.14. The lowest BCUT2D eigenvalue weighted by Gasteiger charge is -2.17. The first kappa shape index (κ1) is 17.6. The van der Waals surface area contributed by atoms with Crippen LogP contribution in [0.1, 0.15) is 27.3 Å². The van der Waals surface area contributed by atoms with E-state index >= 15 is 0 Å². The highest BCUT2D eigenvalue weighted by molar-refractivity contribution is 6.04. The first-order valence-electron chi connectivity index (χ1n) is 8.27. The molecule has 1 heterocycles. The van der Waals surface area contributed by atoms with E-state index in [0.29, 0.717) is 17.9 Å². The van der Waals surface area contributed by atoms with Crippen LogP contribution in [0.15, 0.2) is 65.5 Å². The van der Waals surface area contributed by atoms with Gasteiger partial charge in [-0.05, 0) is 43.7 Å². The third kappa shape index (κ3) is 3.72. The summed E-state index contributed by atoms with van der Waals surface area (Å²) in [5.41, 5.74) is 2.66. The van der Waals surface area contributed by atoms with E-state index < -0.39 is 5.91 Å². The molecule has 5 heteroatoms.